The van der Waals surface area contributed by atoms with Crippen molar-refractivity contribution in [3.63, 3.8) is 0 Å². The first kappa shape index (κ1) is 14.4. The summed E-state index contributed by atoms with van der Waals surface area (Å²) in [6, 6.07) is 7.93. The highest BCUT2D eigenvalue weighted by atomic mass is 32.2. The molecule has 106 valence electrons. The Morgan fingerprint density at radius 2 is 1.95 bits per heavy atom. The molecule has 0 amide bonds. The monoisotopic (exact) mass is 293 g/mol. The molecule has 0 aliphatic heterocycles. The van der Waals surface area contributed by atoms with Crippen molar-refractivity contribution in [1.82, 2.24) is 13.9 Å². The van der Waals surface area contributed by atoms with Gasteiger partial charge in [-0.15, -0.1) is 0 Å². The fourth-order valence-electron chi connectivity index (χ4n) is 1.66. The van der Waals surface area contributed by atoms with E-state index in [1.807, 2.05) is 6.07 Å². The molecule has 0 aliphatic rings. The van der Waals surface area contributed by atoms with Gasteiger partial charge in [0.05, 0.1) is 17.1 Å². The van der Waals surface area contributed by atoms with Crippen LogP contribution in [0, 0.1) is 0 Å². The summed E-state index contributed by atoms with van der Waals surface area (Å²) in [4.78, 5) is 16.0. The van der Waals surface area contributed by atoms with Crippen molar-refractivity contribution in [2.45, 2.75) is 11.4 Å². The second-order valence-electron chi connectivity index (χ2n) is 4.44. The fourth-order valence-corrected chi connectivity index (χ4v) is 2.58. The largest absolute Gasteiger partial charge is 0.308 e. The first-order chi connectivity index (χ1) is 9.41. The third-order valence-electron chi connectivity index (χ3n) is 2.79. The lowest BCUT2D eigenvalue weighted by Crippen LogP contribution is -2.26. The van der Waals surface area contributed by atoms with Gasteiger partial charge < -0.3 is 4.57 Å². The molecule has 2 rings (SSSR count). The van der Waals surface area contributed by atoms with Crippen molar-refractivity contribution in [2.75, 3.05) is 14.1 Å². The lowest BCUT2D eigenvalue weighted by atomic mass is 10.3. The van der Waals surface area contributed by atoms with Crippen molar-refractivity contribution in [2.24, 2.45) is 0 Å². The number of nitrogens with zero attached hydrogens (tertiary/aromatic N) is 3. The average Bonchev–Trinajstić information content (AvgIpc) is 2.42. The van der Waals surface area contributed by atoms with Crippen molar-refractivity contribution in [3.8, 4) is 0 Å². The van der Waals surface area contributed by atoms with Crippen LogP contribution in [0.15, 0.2) is 52.4 Å². The Morgan fingerprint density at radius 3 is 2.55 bits per heavy atom. The van der Waals surface area contributed by atoms with Gasteiger partial charge in [0.15, 0.2) is 0 Å². The van der Waals surface area contributed by atoms with Crippen LogP contribution < -0.4 is 5.56 Å². The Hall–Kier alpha value is -1.99. The van der Waals surface area contributed by atoms with Gasteiger partial charge in [0.25, 0.3) is 5.56 Å². The summed E-state index contributed by atoms with van der Waals surface area (Å²) in [5, 5.41) is 0. The third kappa shape index (κ3) is 2.94. The molecule has 0 saturated carbocycles. The first-order valence-corrected chi connectivity index (χ1v) is 7.38. The summed E-state index contributed by atoms with van der Waals surface area (Å²) in [6.07, 6.45) is 2.97. The molecule has 0 bridgehead atoms. The summed E-state index contributed by atoms with van der Waals surface area (Å²) in [5.41, 5.74) is 0.419. The molecule has 2 heterocycles. The van der Waals surface area contributed by atoms with Crippen LogP contribution in [0.25, 0.3) is 0 Å². The van der Waals surface area contributed by atoms with Crippen molar-refractivity contribution >= 4 is 10.0 Å². The molecule has 2 aromatic heterocycles. The van der Waals surface area contributed by atoms with E-state index in [-0.39, 0.29) is 17.0 Å². The summed E-state index contributed by atoms with van der Waals surface area (Å²) in [5.74, 6) is 0. The molecular formula is C13H15N3O3S. The second kappa shape index (κ2) is 5.56. The molecule has 0 fully saturated rings. The van der Waals surface area contributed by atoms with Gasteiger partial charge in [-0.3, -0.25) is 9.78 Å². The molecule has 0 radical (unpaired) electrons. The second-order valence-corrected chi connectivity index (χ2v) is 6.59. The van der Waals surface area contributed by atoms with E-state index in [1.165, 1.54) is 37.0 Å². The Bertz CT molecular complexity index is 752. The van der Waals surface area contributed by atoms with Gasteiger partial charge in [-0.25, -0.2) is 12.7 Å². The highest BCUT2D eigenvalue weighted by molar-refractivity contribution is 7.89. The minimum Gasteiger partial charge on any atom is -0.308 e. The number of pyridine rings is 2. The van der Waals surface area contributed by atoms with Gasteiger partial charge in [0.2, 0.25) is 10.0 Å². The number of rotatable bonds is 4. The highest BCUT2D eigenvalue weighted by Gasteiger charge is 2.18. The van der Waals surface area contributed by atoms with E-state index in [0.717, 1.165) is 4.31 Å². The zero-order valence-corrected chi connectivity index (χ0v) is 12.0. The van der Waals surface area contributed by atoms with Crippen LogP contribution in [0.4, 0.5) is 0 Å². The summed E-state index contributed by atoms with van der Waals surface area (Å²) < 4.78 is 26.5. The van der Waals surface area contributed by atoms with Crippen LogP contribution in [0.5, 0.6) is 0 Å². The number of hydrogen-bond donors (Lipinski definition) is 0. The maximum absolute atomic E-state index is 12.0. The number of sulfonamides is 1. The van der Waals surface area contributed by atoms with Gasteiger partial charge in [-0.2, -0.15) is 0 Å². The van der Waals surface area contributed by atoms with Crippen LogP contribution in [-0.4, -0.2) is 36.4 Å². The highest BCUT2D eigenvalue weighted by Crippen LogP contribution is 2.11. The molecule has 0 aliphatic carbocycles. The van der Waals surface area contributed by atoms with E-state index in [9.17, 15) is 13.2 Å². The molecule has 0 unspecified atom stereocenters. The minimum atomic E-state index is -3.56. The summed E-state index contributed by atoms with van der Waals surface area (Å²) in [6.45, 7) is 0.233. The summed E-state index contributed by atoms with van der Waals surface area (Å²) in [7, 11) is -0.659. The zero-order valence-electron chi connectivity index (χ0n) is 11.2. The smallest absolute Gasteiger partial charge is 0.250 e. The van der Waals surface area contributed by atoms with Crippen molar-refractivity contribution < 1.29 is 8.42 Å². The Balaban J connectivity index is 2.43. The van der Waals surface area contributed by atoms with Crippen LogP contribution in [-0.2, 0) is 16.6 Å². The van der Waals surface area contributed by atoms with Crippen LogP contribution in [0.3, 0.4) is 0 Å². The molecule has 7 heteroatoms. The lowest BCUT2D eigenvalue weighted by molar-refractivity contribution is 0.519. The van der Waals surface area contributed by atoms with E-state index in [4.69, 9.17) is 0 Å². The summed E-state index contributed by atoms with van der Waals surface area (Å²) >= 11 is 0. The van der Waals surface area contributed by atoms with Crippen molar-refractivity contribution in [3.05, 3.63) is 58.8 Å². The topological polar surface area (TPSA) is 72.3 Å². The number of hydrogen-bond acceptors (Lipinski definition) is 4. The molecule has 0 atom stereocenters. The van der Waals surface area contributed by atoms with Crippen LogP contribution in [0.1, 0.15) is 5.69 Å². The van der Waals surface area contributed by atoms with Gasteiger partial charge in [-0.05, 0) is 18.2 Å². The molecule has 0 aromatic carbocycles. The lowest BCUT2D eigenvalue weighted by Gasteiger charge is -2.13. The van der Waals surface area contributed by atoms with Crippen LogP contribution >= 0.6 is 0 Å². The normalized spacial score (nSPS) is 11.8. The Kier molecular flexibility index (Phi) is 4.01. The standard InChI is InChI=1S/C13H15N3O3S/c1-15(2)20(18,19)12-6-7-13(17)16(10-12)9-11-5-3-4-8-14-11/h3-8,10H,9H2,1-2H3. The van der Waals surface area contributed by atoms with Gasteiger partial charge in [0.1, 0.15) is 0 Å². The van der Waals surface area contributed by atoms with E-state index >= 15 is 0 Å². The minimum absolute atomic E-state index is 0.0815. The molecule has 2 aromatic rings. The van der Waals surface area contributed by atoms with Crippen LogP contribution in [0.2, 0.25) is 0 Å². The molecule has 0 N–H and O–H groups in total. The third-order valence-corrected chi connectivity index (χ3v) is 4.59. The fraction of sp³-hybridized carbons (Fsp3) is 0.231. The zero-order chi connectivity index (χ0) is 14.8. The van der Waals surface area contributed by atoms with Gasteiger partial charge in [-0.1, -0.05) is 6.07 Å². The van der Waals surface area contributed by atoms with Gasteiger partial charge in [0, 0.05) is 32.6 Å². The van der Waals surface area contributed by atoms with E-state index in [1.54, 1.807) is 18.3 Å². The van der Waals surface area contributed by atoms with E-state index in [2.05, 4.69) is 4.98 Å². The Morgan fingerprint density at radius 1 is 1.20 bits per heavy atom. The molecule has 6 nitrogen and oxygen atoms in total. The van der Waals surface area contributed by atoms with Crippen molar-refractivity contribution in [1.29, 1.82) is 0 Å². The van der Waals surface area contributed by atoms with Gasteiger partial charge >= 0.3 is 0 Å². The van der Waals surface area contributed by atoms with E-state index in [0.29, 0.717) is 5.69 Å². The number of aromatic nitrogens is 2. The molecule has 0 saturated heterocycles. The molecular weight excluding hydrogens is 278 g/mol. The predicted molar refractivity (Wildman–Crippen MR) is 74.9 cm³/mol. The maximum atomic E-state index is 12.0. The van der Waals surface area contributed by atoms with E-state index < -0.39 is 10.0 Å². The predicted octanol–water partition coefficient (Wildman–Crippen LogP) is 0.542. The SMILES string of the molecule is CN(C)S(=O)(=O)c1ccc(=O)n(Cc2ccccn2)c1. The molecule has 20 heavy (non-hydrogen) atoms. The molecule has 0 spiro atoms. The first-order valence-electron chi connectivity index (χ1n) is 5.94. The average molecular weight is 293 g/mol. The Labute approximate surface area is 117 Å². The quantitative estimate of drug-likeness (QED) is 0.825. The maximum Gasteiger partial charge on any atom is 0.250 e.